The molecule has 0 unspecified atom stereocenters. The molecule has 0 saturated heterocycles. The van der Waals surface area contributed by atoms with Crippen LogP contribution in [0.1, 0.15) is 11.8 Å². The van der Waals surface area contributed by atoms with E-state index >= 15 is 0 Å². The average Bonchev–Trinajstić information content (AvgIpc) is 2.34. The smallest absolute Gasteiger partial charge is 0.191 e. The molecule has 0 fully saturated rings. The van der Waals surface area contributed by atoms with Gasteiger partial charge in [0.05, 0.1) is 10.1 Å². The lowest BCUT2D eigenvalue weighted by atomic mass is 10.5. The van der Waals surface area contributed by atoms with E-state index in [9.17, 15) is 4.79 Å². The van der Waals surface area contributed by atoms with Crippen molar-refractivity contribution in [2.24, 2.45) is 0 Å². The highest BCUT2D eigenvalue weighted by atomic mass is 35.5. The van der Waals surface area contributed by atoms with Gasteiger partial charge in [0.15, 0.2) is 5.12 Å². The zero-order valence-electron chi connectivity index (χ0n) is 5.96. The Labute approximate surface area is 78.8 Å². The predicted molar refractivity (Wildman–Crippen MR) is 50.4 cm³/mol. The molecule has 0 bridgehead atoms. The quantitative estimate of drug-likeness (QED) is 0.547. The van der Waals surface area contributed by atoms with Crippen LogP contribution >= 0.6 is 34.7 Å². The molecule has 11 heavy (non-hydrogen) atoms. The number of halogens is 1. The van der Waals surface area contributed by atoms with Gasteiger partial charge < -0.3 is 0 Å². The molecule has 0 aliphatic heterocycles. The highest BCUT2D eigenvalue weighted by Crippen LogP contribution is 2.28. The van der Waals surface area contributed by atoms with Gasteiger partial charge in [0.25, 0.3) is 0 Å². The first-order valence-electron chi connectivity index (χ1n) is 3.05. The van der Waals surface area contributed by atoms with Gasteiger partial charge in [-0.15, -0.1) is 22.9 Å². The fourth-order valence-electron chi connectivity index (χ4n) is 0.627. The van der Waals surface area contributed by atoms with Crippen LogP contribution < -0.4 is 0 Å². The Morgan fingerprint density at radius 2 is 2.45 bits per heavy atom. The summed E-state index contributed by atoms with van der Waals surface area (Å²) in [5, 5.41) is 0.118. The number of thioether (sulfide) groups is 1. The lowest BCUT2D eigenvalue weighted by molar-refractivity contribution is -0.109. The Morgan fingerprint density at radius 1 is 1.73 bits per heavy atom. The van der Waals surface area contributed by atoms with Gasteiger partial charge in [-0.1, -0.05) is 0 Å². The van der Waals surface area contributed by atoms with E-state index in [-0.39, 0.29) is 5.12 Å². The molecule has 1 rings (SSSR count). The number of carbonyl (C=O) groups is 1. The molecule has 0 atom stereocenters. The molecule has 1 aromatic heterocycles. The highest BCUT2D eigenvalue weighted by Gasteiger charge is 2.01. The predicted octanol–water partition coefficient (Wildman–Crippen LogP) is 3.13. The van der Waals surface area contributed by atoms with Crippen molar-refractivity contribution in [3.8, 4) is 0 Å². The summed E-state index contributed by atoms with van der Waals surface area (Å²) < 4.78 is 1.02. The summed E-state index contributed by atoms with van der Waals surface area (Å²) in [4.78, 5) is 11.8. The molecule has 1 nitrogen and oxygen atoms in total. The first-order valence-corrected chi connectivity index (χ1v) is 5.22. The molecule has 0 N–H and O–H groups in total. The van der Waals surface area contributed by atoms with Gasteiger partial charge in [-0.25, -0.2) is 0 Å². The SMILES string of the molecule is CC(=O)Sc1ccc(CCl)s1. The summed E-state index contributed by atoms with van der Waals surface area (Å²) in [5.74, 6) is 0.531. The molecule has 0 amide bonds. The molecule has 1 aromatic rings. The molecule has 60 valence electrons. The van der Waals surface area contributed by atoms with Crippen molar-refractivity contribution in [3.05, 3.63) is 17.0 Å². The van der Waals surface area contributed by atoms with Gasteiger partial charge >= 0.3 is 0 Å². The first-order chi connectivity index (χ1) is 5.22. The van der Waals surface area contributed by atoms with Gasteiger partial charge in [-0.05, 0) is 23.9 Å². The zero-order chi connectivity index (χ0) is 8.27. The summed E-state index contributed by atoms with van der Waals surface area (Å²) in [6.07, 6.45) is 0. The van der Waals surface area contributed by atoms with E-state index in [2.05, 4.69) is 0 Å². The van der Waals surface area contributed by atoms with Crippen LogP contribution in [0.15, 0.2) is 16.3 Å². The number of thiophene rings is 1. The monoisotopic (exact) mass is 206 g/mol. The number of hydrogen-bond acceptors (Lipinski definition) is 3. The van der Waals surface area contributed by atoms with E-state index in [0.717, 1.165) is 9.09 Å². The maximum absolute atomic E-state index is 10.6. The molecular weight excluding hydrogens is 200 g/mol. The standard InChI is InChI=1S/C7H7ClOS2/c1-5(9)10-7-3-2-6(4-8)11-7/h2-3H,4H2,1H3. The van der Waals surface area contributed by atoms with Gasteiger partial charge in [0, 0.05) is 11.8 Å². The minimum Gasteiger partial charge on any atom is -0.287 e. The summed E-state index contributed by atoms with van der Waals surface area (Å²) in [7, 11) is 0. The van der Waals surface area contributed by atoms with E-state index in [1.54, 1.807) is 18.3 Å². The van der Waals surface area contributed by atoms with Crippen LogP contribution in [0.25, 0.3) is 0 Å². The Balaban J connectivity index is 2.65. The molecule has 0 aliphatic carbocycles. The normalized spacial score (nSPS) is 10.0. The van der Waals surface area contributed by atoms with Crippen molar-refractivity contribution in [3.63, 3.8) is 0 Å². The zero-order valence-corrected chi connectivity index (χ0v) is 8.35. The van der Waals surface area contributed by atoms with E-state index in [4.69, 9.17) is 11.6 Å². The molecule has 0 spiro atoms. The van der Waals surface area contributed by atoms with Crippen LogP contribution in [0, 0.1) is 0 Å². The number of rotatable bonds is 2. The van der Waals surface area contributed by atoms with Crippen LogP contribution in [0.5, 0.6) is 0 Å². The molecule has 0 aromatic carbocycles. The molecule has 0 saturated carbocycles. The topological polar surface area (TPSA) is 17.1 Å². The van der Waals surface area contributed by atoms with Crippen molar-refractivity contribution >= 4 is 39.8 Å². The molecule has 0 aliphatic rings. The lowest BCUT2D eigenvalue weighted by Gasteiger charge is -1.87. The van der Waals surface area contributed by atoms with E-state index < -0.39 is 0 Å². The summed E-state index contributed by atoms with van der Waals surface area (Å²) in [6.45, 7) is 1.56. The van der Waals surface area contributed by atoms with Gasteiger partial charge in [0.1, 0.15) is 0 Å². The largest absolute Gasteiger partial charge is 0.287 e. The Hall–Kier alpha value is 0.01000. The average molecular weight is 207 g/mol. The molecule has 4 heteroatoms. The number of carbonyl (C=O) groups excluding carboxylic acids is 1. The van der Waals surface area contributed by atoms with Crippen LogP contribution in [0.3, 0.4) is 0 Å². The minimum absolute atomic E-state index is 0.118. The van der Waals surface area contributed by atoms with E-state index in [1.807, 2.05) is 12.1 Å². The summed E-state index contributed by atoms with van der Waals surface area (Å²) in [5.41, 5.74) is 0. The van der Waals surface area contributed by atoms with Crippen LogP contribution in [-0.2, 0) is 10.7 Å². The van der Waals surface area contributed by atoms with Crippen LogP contribution in [0.4, 0.5) is 0 Å². The third-order valence-electron chi connectivity index (χ3n) is 1.01. The second-order valence-electron chi connectivity index (χ2n) is 1.95. The van der Waals surface area contributed by atoms with Crippen LogP contribution in [-0.4, -0.2) is 5.12 Å². The fraction of sp³-hybridized carbons (Fsp3) is 0.286. The summed E-state index contributed by atoms with van der Waals surface area (Å²) in [6, 6.07) is 3.87. The number of alkyl halides is 1. The van der Waals surface area contributed by atoms with Crippen molar-refractivity contribution < 1.29 is 4.79 Å². The van der Waals surface area contributed by atoms with Crippen LogP contribution in [0.2, 0.25) is 0 Å². The lowest BCUT2D eigenvalue weighted by Crippen LogP contribution is -1.75. The molecular formula is C7H7ClOS2. The van der Waals surface area contributed by atoms with Gasteiger partial charge in [0.2, 0.25) is 0 Å². The molecule has 1 heterocycles. The van der Waals surface area contributed by atoms with Crippen molar-refractivity contribution in [2.45, 2.75) is 17.0 Å². The third kappa shape index (κ3) is 2.85. The fourth-order valence-corrected chi connectivity index (χ4v) is 2.72. The molecule has 0 radical (unpaired) electrons. The van der Waals surface area contributed by atoms with Gasteiger partial charge in [-0.3, -0.25) is 4.79 Å². The minimum atomic E-state index is 0.118. The first kappa shape index (κ1) is 9.10. The Morgan fingerprint density at radius 3 is 2.91 bits per heavy atom. The third-order valence-corrected chi connectivity index (χ3v) is 3.46. The second kappa shape index (κ2) is 4.14. The van der Waals surface area contributed by atoms with Crippen molar-refractivity contribution in [2.75, 3.05) is 0 Å². The van der Waals surface area contributed by atoms with Crippen molar-refractivity contribution in [1.29, 1.82) is 0 Å². The highest BCUT2D eigenvalue weighted by molar-refractivity contribution is 8.14. The maximum Gasteiger partial charge on any atom is 0.191 e. The summed E-state index contributed by atoms with van der Waals surface area (Å²) >= 11 is 8.42. The van der Waals surface area contributed by atoms with E-state index in [0.29, 0.717) is 5.88 Å². The Bertz CT molecular complexity index is 257. The maximum atomic E-state index is 10.6. The van der Waals surface area contributed by atoms with Gasteiger partial charge in [-0.2, -0.15) is 0 Å². The van der Waals surface area contributed by atoms with Crippen molar-refractivity contribution in [1.82, 2.24) is 0 Å². The number of hydrogen-bond donors (Lipinski definition) is 0. The van der Waals surface area contributed by atoms with E-state index in [1.165, 1.54) is 11.8 Å². The Kier molecular flexibility index (Phi) is 3.43. The second-order valence-corrected chi connectivity index (χ2v) is 4.86.